The molecular formula is C12H21N5O3. The SMILES string of the molecule is CC(CCCC(=O)O)NC(=O)NCCc1ncn(C)n1. The number of aliphatic carboxylic acids is 1. The number of aryl methyl sites for hydroxylation is 1. The van der Waals surface area contributed by atoms with Crippen LogP contribution in [0.15, 0.2) is 6.33 Å². The highest BCUT2D eigenvalue weighted by Gasteiger charge is 2.08. The number of rotatable bonds is 8. The van der Waals surface area contributed by atoms with Gasteiger partial charge in [-0.2, -0.15) is 5.10 Å². The Morgan fingerprint density at radius 1 is 1.50 bits per heavy atom. The number of amides is 2. The van der Waals surface area contributed by atoms with Gasteiger partial charge in [-0.25, -0.2) is 9.78 Å². The number of urea groups is 1. The Labute approximate surface area is 117 Å². The lowest BCUT2D eigenvalue weighted by atomic mass is 10.1. The van der Waals surface area contributed by atoms with Crippen LogP contribution in [0.1, 0.15) is 32.0 Å². The summed E-state index contributed by atoms with van der Waals surface area (Å²) in [5.74, 6) is -0.133. The molecule has 1 aromatic heterocycles. The minimum atomic E-state index is -0.815. The average Bonchev–Trinajstić information content (AvgIpc) is 2.74. The molecule has 1 heterocycles. The van der Waals surface area contributed by atoms with Gasteiger partial charge in [0.25, 0.3) is 0 Å². The fourth-order valence-corrected chi connectivity index (χ4v) is 1.69. The lowest BCUT2D eigenvalue weighted by molar-refractivity contribution is -0.137. The monoisotopic (exact) mass is 283 g/mol. The zero-order chi connectivity index (χ0) is 15.0. The molecule has 0 spiro atoms. The van der Waals surface area contributed by atoms with Crippen molar-refractivity contribution in [1.82, 2.24) is 25.4 Å². The first-order chi connectivity index (χ1) is 9.47. The summed E-state index contributed by atoms with van der Waals surface area (Å²) < 4.78 is 1.61. The Balaban J connectivity index is 2.11. The molecule has 0 radical (unpaired) electrons. The molecule has 20 heavy (non-hydrogen) atoms. The maximum Gasteiger partial charge on any atom is 0.315 e. The van der Waals surface area contributed by atoms with Gasteiger partial charge in [-0.1, -0.05) is 0 Å². The molecule has 8 nitrogen and oxygen atoms in total. The smallest absolute Gasteiger partial charge is 0.315 e. The van der Waals surface area contributed by atoms with Gasteiger partial charge >= 0.3 is 12.0 Å². The van der Waals surface area contributed by atoms with Gasteiger partial charge in [0.15, 0.2) is 5.82 Å². The zero-order valence-electron chi connectivity index (χ0n) is 11.8. The predicted octanol–water partition coefficient (Wildman–Crippen LogP) is 0.300. The van der Waals surface area contributed by atoms with E-state index >= 15 is 0 Å². The summed E-state index contributed by atoms with van der Waals surface area (Å²) in [5, 5.41) is 18.1. The molecule has 2 amide bonds. The number of carbonyl (C=O) groups is 2. The third-order valence-corrected chi connectivity index (χ3v) is 2.69. The zero-order valence-corrected chi connectivity index (χ0v) is 11.8. The molecule has 1 atom stereocenters. The van der Waals surface area contributed by atoms with E-state index in [0.29, 0.717) is 31.6 Å². The summed E-state index contributed by atoms with van der Waals surface area (Å²) in [5.41, 5.74) is 0. The maximum absolute atomic E-state index is 11.6. The van der Waals surface area contributed by atoms with Gasteiger partial charge in [0, 0.05) is 32.5 Å². The van der Waals surface area contributed by atoms with E-state index in [0.717, 1.165) is 0 Å². The van der Waals surface area contributed by atoms with E-state index in [-0.39, 0.29) is 18.5 Å². The molecule has 1 rings (SSSR count). The van der Waals surface area contributed by atoms with Gasteiger partial charge in [0.1, 0.15) is 6.33 Å². The first-order valence-corrected chi connectivity index (χ1v) is 6.58. The van der Waals surface area contributed by atoms with E-state index < -0.39 is 5.97 Å². The Hall–Kier alpha value is -2.12. The summed E-state index contributed by atoms with van der Waals surface area (Å²) in [6, 6.07) is -0.314. The van der Waals surface area contributed by atoms with Gasteiger partial charge < -0.3 is 15.7 Å². The number of carboxylic acids is 1. The number of hydrogen-bond acceptors (Lipinski definition) is 4. The highest BCUT2D eigenvalue weighted by molar-refractivity contribution is 5.74. The van der Waals surface area contributed by atoms with Crippen molar-refractivity contribution in [1.29, 1.82) is 0 Å². The quantitative estimate of drug-likeness (QED) is 0.635. The summed E-state index contributed by atoms with van der Waals surface area (Å²) in [7, 11) is 1.79. The van der Waals surface area contributed by atoms with Crippen LogP contribution in [-0.4, -0.2) is 44.5 Å². The van der Waals surface area contributed by atoms with Gasteiger partial charge in [-0.05, 0) is 19.8 Å². The van der Waals surface area contributed by atoms with Crippen molar-refractivity contribution in [3.8, 4) is 0 Å². The van der Waals surface area contributed by atoms with Gasteiger partial charge in [0.05, 0.1) is 0 Å². The van der Waals surface area contributed by atoms with Crippen molar-refractivity contribution in [2.75, 3.05) is 6.54 Å². The summed E-state index contributed by atoms with van der Waals surface area (Å²) >= 11 is 0. The molecule has 1 unspecified atom stereocenters. The van der Waals surface area contributed by atoms with Crippen LogP contribution in [0.2, 0.25) is 0 Å². The maximum atomic E-state index is 11.6. The minimum Gasteiger partial charge on any atom is -0.481 e. The molecule has 0 fully saturated rings. The molecule has 0 aliphatic rings. The molecule has 0 aromatic carbocycles. The van der Waals surface area contributed by atoms with Gasteiger partial charge in [-0.3, -0.25) is 9.48 Å². The molecule has 0 saturated carbocycles. The molecule has 0 aliphatic carbocycles. The van der Waals surface area contributed by atoms with Crippen molar-refractivity contribution in [2.45, 2.75) is 38.6 Å². The van der Waals surface area contributed by atoms with Crippen molar-refractivity contribution < 1.29 is 14.7 Å². The fraction of sp³-hybridized carbons (Fsp3) is 0.667. The Bertz CT molecular complexity index is 446. The molecule has 0 bridgehead atoms. The lowest BCUT2D eigenvalue weighted by Gasteiger charge is -2.13. The van der Waals surface area contributed by atoms with Crippen molar-refractivity contribution in [3.63, 3.8) is 0 Å². The molecule has 0 saturated heterocycles. The van der Waals surface area contributed by atoms with E-state index in [9.17, 15) is 9.59 Å². The second-order valence-corrected chi connectivity index (χ2v) is 4.67. The number of aromatic nitrogens is 3. The van der Waals surface area contributed by atoms with Crippen LogP contribution < -0.4 is 10.6 Å². The molecule has 3 N–H and O–H groups in total. The van der Waals surface area contributed by atoms with Crippen LogP contribution in [-0.2, 0) is 18.3 Å². The highest BCUT2D eigenvalue weighted by atomic mass is 16.4. The third-order valence-electron chi connectivity index (χ3n) is 2.69. The molecule has 112 valence electrons. The minimum absolute atomic E-state index is 0.0534. The molecular weight excluding hydrogens is 262 g/mol. The van der Waals surface area contributed by atoms with E-state index in [2.05, 4.69) is 20.7 Å². The van der Waals surface area contributed by atoms with Crippen LogP contribution in [0.25, 0.3) is 0 Å². The van der Waals surface area contributed by atoms with Crippen LogP contribution in [0.3, 0.4) is 0 Å². The number of carbonyl (C=O) groups excluding carboxylic acids is 1. The van der Waals surface area contributed by atoms with Crippen LogP contribution in [0.4, 0.5) is 4.79 Å². The number of nitrogens with one attached hydrogen (secondary N) is 2. The van der Waals surface area contributed by atoms with Crippen molar-refractivity contribution in [2.24, 2.45) is 7.05 Å². The summed E-state index contributed by atoms with van der Waals surface area (Å²) in [4.78, 5) is 26.0. The normalized spacial score (nSPS) is 11.9. The number of carboxylic acid groups (broad SMARTS) is 1. The molecule has 0 aliphatic heterocycles. The standard InChI is InChI=1S/C12H21N5O3/c1-9(4-3-5-11(18)19)15-12(20)13-7-6-10-14-8-17(2)16-10/h8-9H,3-7H2,1-2H3,(H,18,19)(H2,13,15,20). The fourth-order valence-electron chi connectivity index (χ4n) is 1.69. The predicted molar refractivity (Wildman–Crippen MR) is 72.2 cm³/mol. The summed E-state index contributed by atoms with van der Waals surface area (Å²) in [6.45, 7) is 2.30. The number of hydrogen-bond donors (Lipinski definition) is 3. The van der Waals surface area contributed by atoms with Crippen molar-refractivity contribution >= 4 is 12.0 Å². The topological polar surface area (TPSA) is 109 Å². The van der Waals surface area contributed by atoms with E-state index in [1.165, 1.54) is 0 Å². The van der Waals surface area contributed by atoms with Crippen molar-refractivity contribution in [3.05, 3.63) is 12.2 Å². The van der Waals surface area contributed by atoms with Crippen LogP contribution in [0, 0.1) is 0 Å². The highest BCUT2D eigenvalue weighted by Crippen LogP contribution is 2.00. The second-order valence-electron chi connectivity index (χ2n) is 4.67. The second kappa shape index (κ2) is 8.13. The van der Waals surface area contributed by atoms with E-state index in [1.54, 1.807) is 18.1 Å². The van der Waals surface area contributed by atoms with E-state index in [1.807, 2.05) is 6.92 Å². The Kier molecular flexibility index (Phi) is 6.48. The first kappa shape index (κ1) is 15.9. The van der Waals surface area contributed by atoms with Crippen LogP contribution >= 0.6 is 0 Å². The third kappa shape index (κ3) is 6.72. The largest absolute Gasteiger partial charge is 0.481 e. The first-order valence-electron chi connectivity index (χ1n) is 6.58. The Morgan fingerprint density at radius 3 is 2.85 bits per heavy atom. The van der Waals surface area contributed by atoms with Gasteiger partial charge in [-0.15, -0.1) is 0 Å². The molecule has 8 heteroatoms. The number of nitrogens with zero attached hydrogens (tertiary/aromatic N) is 3. The van der Waals surface area contributed by atoms with Crippen LogP contribution in [0.5, 0.6) is 0 Å². The lowest BCUT2D eigenvalue weighted by Crippen LogP contribution is -2.41. The Morgan fingerprint density at radius 2 is 2.25 bits per heavy atom. The summed E-state index contributed by atoms with van der Waals surface area (Å²) in [6.07, 6.45) is 3.50. The van der Waals surface area contributed by atoms with E-state index in [4.69, 9.17) is 5.11 Å². The average molecular weight is 283 g/mol. The molecule has 1 aromatic rings. The van der Waals surface area contributed by atoms with Gasteiger partial charge in [0.2, 0.25) is 0 Å².